The van der Waals surface area contributed by atoms with Crippen molar-refractivity contribution in [2.75, 3.05) is 10.6 Å². The molecule has 5 heteroatoms. The van der Waals surface area contributed by atoms with Crippen LogP contribution in [0.1, 0.15) is 34.6 Å². The Hall–Kier alpha value is -2.95. The van der Waals surface area contributed by atoms with Crippen molar-refractivity contribution in [3.8, 4) is 0 Å². The zero-order valence-electron chi connectivity index (χ0n) is 12.3. The fourth-order valence-electron chi connectivity index (χ4n) is 2.07. The monoisotopic (exact) mass is 296 g/mol. The molecule has 0 unspecified atom stereocenters. The minimum absolute atomic E-state index is 0.133. The Kier molecular flexibility index (Phi) is 4.68. The molecule has 2 rings (SSSR count). The Morgan fingerprint density at radius 2 is 1.23 bits per heavy atom. The van der Waals surface area contributed by atoms with E-state index >= 15 is 0 Å². The van der Waals surface area contributed by atoms with Gasteiger partial charge in [-0.05, 0) is 31.2 Å². The molecule has 2 N–H and O–H groups in total. The molecular weight excluding hydrogens is 280 g/mol. The van der Waals surface area contributed by atoms with Crippen LogP contribution in [0.25, 0.3) is 0 Å². The summed E-state index contributed by atoms with van der Waals surface area (Å²) in [5.74, 6) is -0.784. The summed E-state index contributed by atoms with van der Waals surface area (Å²) in [5, 5.41) is 5.32. The summed E-state index contributed by atoms with van der Waals surface area (Å²) >= 11 is 0. The van der Waals surface area contributed by atoms with E-state index in [0.717, 1.165) is 0 Å². The number of para-hydroxylation sites is 2. The van der Waals surface area contributed by atoms with Gasteiger partial charge in [-0.3, -0.25) is 14.4 Å². The van der Waals surface area contributed by atoms with Crippen LogP contribution in [0.15, 0.2) is 48.5 Å². The van der Waals surface area contributed by atoms with Crippen LogP contribution in [0.5, 0.6) is 0 Å². The first-order valence-electron chi connectivity index (χ1n) is 6.77. The van der Waals surface area contributed by atoms with E-state index in [-0.39, 0.29) is 11.7 Å². The fourth-order valence-corrected chi connectivity index (χ4v) is 2.07. The molecule has 0 atom stereocenters. The number of rotatable bonds is 4. The lowest BCUT2D eigenvalue weighted by molar-refractivity contribution is -0.114. The third-order valence-electron chi connectivity index (χ3n) is 3.04. The number of benzene rings is 2. The zero-order valence-corrected chi connectivity index (χ0v) is 12.3. The van der Waals surface area contributed by atoms with Crippen molar-refractivity contribution in [3.63, 3.8) is 0 Å². The van der Waals surface area contributed by atoms with Gasteiger partial charge in [0.2, 0.25) is 5.91 Å². The van der Waals surface area contributed by atoms with Gasteiger partial charge in [0.1, 0.15) is 0 Å². The molecule has 0 fully saturated rings. The van der Waals surface area contributed by atoms with E-state index in [9.17, 15) is 14.4 Å². The molecule has 0 saturated carbocycles. The molecule has 0 aliphatic heterocycles. The van der Waals surface area contributed by atoms with Crippen molar-refractivity contribution in [1.29, 1.82) is 0 Å². The van der Waals surface area contributed by atoms with Gasteiger partial charge in [0.15, 0.2) is 5.78 Å². The first-order chi connectivity index (χ1) is 10.5. The van der Waals surface area contributed by atoms with Crippen LogP contribution in [0, 0.1) is 0 Å². The van der Waals surface area contributed by atoms with Gasteiger partial charge in [-0.1, -0.05) is 24.3 Å². The number of anilines is 2. The number of ketones is 1. The van der Waals surface area contributed by atoms with Gasteiger partial charge in [-0.15, -0.1) is 0 Å². The van der Waals surface area contributed by atoms with Crippen molar-refractivity contribution in [1.82, 2.24) is 0 Å². The third kappa shape index (κ3) is 3.58. The van der Waals surface area contributed by atoms with Crippen molar-refractivity contribution in [3.05, 3.63) is 59.7 Å². The maximum absolute atomic E-state index is 12.4. The van der Waals surface area contributed by atoms with Crippen LogP contribution in [0.3, 0.4) is 0 Å². The average Bonchev–Trinajstić information content (AvgIpc) is 2.47. The van der Waals surface area contributed by atoms with E-state index in [2.05, 4.69) is 10.6 Å². The van der Waals surface area contributed by atoms with Gasteiger partial charge in [0, 0.05) is 12.5 Å². The molecule has 112 valence electrons. The second-order valence-corrected chi connectivity index (χ2v) is 4.78. The molecule has 5 nitrogen and oxygen atoms in total. The number of carbonyl (C=O) groups is 3. The zero-order chi connectivity index (χ0) is 16.1. The van der Waals surface area contributed by atoms with Crippen molar-refractivity contribution < 1.29 is 14.4 Å². The molecule has 2 amide bonds. The van der Waals surface area contributed by atoms with Gasteiger partial charge < -0.3 is 10.6 Å². The number of hydrogen-bond acceptors (Lipinski definition) is 3. The summed E-state index contributed by atoms with van der Waals surface area (Å²) in [5.41, 5.74) is 1.63. The Morgan fingerprint density at radius 1 is 0.727 bits per heavy atom. The van der Waals surface area contributed by atoms with Gasteiger partial charge in [0.25, 0.3) is 5.91 Å². The molecule has 0 bridgehead atoms. The molecule has 0 aliphatic rings. The van der Waals surface area contributed by atoms with Gasteiger partial charge in [0.05, 0.1) is 16.9 Å². The fraction of sp³-hybridized carbons (Fsp3) is 0.118. The topological polar surface area (TPSA) is 75.3 Å². The highest BCUT2D eigenvalue weighted by Gasteiger charge is 2.14. The van der Waals surface area contributed by atoms with E-state index in [1.807, 2.05) is 0 Å². The predicted molar refractivity (Wildman–Crippen MR) is 85.1 cm³/mol. The highest BCUT2D eigenvalue weighted by molar-refractivity contribution is 6.12. The van der Waals surface area contributed by atoms with Crippen molar-refractivity contribution >= 4 is 29.0 Å². The van der Waals surface area contributed by atoms with Crippen LogP contribution in [-0.4, -0.2) is 17.6 Å². The molecule has 0 saturated heterocycles. The molecule has 2 aromatic rings. The number of hydrogen-bond donors (Lipinski definition) is 2. The number of nitrogens with one attached hydrogen (secondary N) is 2. The molecule has 2 aromatic carbocycles. The predicted octanol–water partition coefficient (Wildman–Crippen LogP) is 3.10. The third-order valence-corrected chi connectivity index (χ3v) is 3.04. The lowest BCUT2D eigenvalue weighted by atomic mass is 10.1. The minimum Gasteiger partial charge on any atom is -0.326 e. The number of carbonyl (C=O) groups excluding carboxylic acids is 3. The normalized spacial score (nSPS) is 9.91. The van der Waals surface area contributed by atoms with E-state index in [4.69, 9.17) is 0 Å². The molecule has 0 spiro atoms. The highest BCUT2D eigenvalue weighted by Crippen LogP contribution is 2.20. The van der Waals surface area contributed by atoms with Crippen LogP contribution >= 0.6 is 0 Å². The molecule has 0 radical (unpaired) electrons. The maximum atomic E-state index is 12.4. The lowest BCUT2D eigenvalue weighted by Crippen LogP contribution is -2.17. The Morgan fingerprint density at radius 3 is 1.77 bits per heavy atom. The lowest BCUT2D eigenvalue weighted by Gasteiger charge is -2.12. The van der Waals surface area contributed by atoms with Crippen molar-refractivity contribution in [2.24, 2.45) is 0 Å². The second-order valence-electron chi connectivity index (χ2n) is 4.78. The Balaban J connectivity index is 2.31. The Bertz CT molecular complexity index is 738. The van der Waals surface area contributed by atoms with Gasteiger partial charge in [-0.25, -0.2) is 0 Å². The highest BCUT2D eigenvalue weighted by atomic mass is 16.2. The summed E-state index contributed by atoms with van der Waals surface area (Å²) < 4.78 is 0. The second kappa shape index (κ2) is 6.67. The van der Waals surface area contributed by atoms with Crippen LogP contribution < -0.4 is 10.6 Å². The molecule has 22 heavy (non-hydrogen) atoms. The van der Waals surface area contributed by atoms with Gasteiger partial charge >= 0.3 is 0 Å². The molecule has 0 aromatic heterocycles. The van der Waals surface area contributed by atoms with E-state index in [1.165, 1.54) is 13.8 Å². The van der Waals surface area contributed by atoms with E-state index in [1.54, 1.807) is 48.5 Å². The summed E-state index contributed by atoms with van der Waals surface area (Å²) in [6, 6.07) is 13.5. The average molecular weight is 296 g/mol. The van der Waals surface area contributed by atoms with E-state index in [0.29, 0.717) is 22.5 Å². The standard InChI is InChI=1S/C17H16N2O3/c1-11(20)13-7-3-5-9-15(13)19-17(22)14-8-4-6-10-16(14)18-12(2)21/h3-10H,1-2H3,(H,18,21)(H,19,22). The number of Topliss-reactive ketones (excluding diaryl/α,β-unsaturated/α-hetero) is 1. The molecule has 0 aliphatic carbocycles. The van der Waals surface area contributed by atoms with E-state index < -0.39 is 5.91 Å². The molecular formula is C17H16N2O3. The number of amides is 2. The summed E-state index contributed by atoms with van der Waals surface area (Å²) in [6.07, 6.45) is 0. The minimum atomic E-state index is -0.391. The largest absolute Gasteiger partial charge is 0.326 e. The summed E-state index contributed by atoms with van der Waals surface area (Å²) in [6.45, 7) is 2.82. The first-order valence-corrected chi connectivity index (χ1v) is 6.77. The van der Waals surface area contributed by atoms with Gasteiger partial charge in [-0.2, -0.15) is 0 Å². The van der Waals surface area contributed by atoms with Crippen LogP contribution in [-0.2, 0) is 4.79 Å². The van der Waals surface area contributed by atoms with Crippen LogP contribution in [0.2, 0.25) is 0 Å². The molecule has 0 heterocycles. The summed E-state index contributed by atoms with van der Waals surface area (Å²) in [4.78, 5) is 35.2. The first kappa shape index (κ1) is 15.4. The maximum Gasteiger partial charge on any atom is 0.257 e. The summed E-state index contributed by atoms with van der Waals surface area (Å²) in [7, 11) is 0. The van der Waals surface area contributed by atoms with Crippen molar-refractivity contribution in [2.45, 2.75) is 13.8 Å². The van der Waals surface area contributed by atoms with Crippen LogP contribution in [0.4, 0.5) is 11.4 Å². The Labute approximate surface area is 128 Å². The SMILES string of the molecule is CC(=O)Nc1ccccc1C(=O)Nc1ccccc1C(C)=O. The quantitative estimate of drug-likeness (QED) is 0.851. The smallest absolute Gasteiger partial charge is 0.257 e.